The molecule has 0 aromatic heterocycles. The minimum absolute atomic E-state index is 0.154. The highest BCUT2D eigenvalue weighted by atomic mass is 35.5. The molecule has 2 rings (SSSR count). The second-order valence-corrected chi connectivity index (χ2v) is 8.54. The molecule has 1 aliphatic rings. The van der Waals surface area contributed by atoms with Gasteiger partial charge in [-0.1, -0.05) is 42.9 Å². The van der Waals surface area contributed by atoms with Crippen molar-refractivity contribution in [2.75, 3.05) is 11.3 Å². The monoisotopic (exact) mass is 426 g/mol. The Morgan fingerprint density at radius 2 is 1.96 bits per heavy atom. The highest BCUT2D eigenvalue weighted by molar-refractivity contribution is 7.93. The van der Waals surface area contributed by atoms with Crippen molar-refractivity contribution >= 4 is 33.0 Å². The van der Waals surface area contributed by atoms with Crippen LogP contribution in [-0.4, -0.2) is 26.2 Å². The first kappa shape index (κ1) is 21.8. The summed E-state index contributed by atoms with van der Waals surface area (Å²) < 4.78 is 62.5. The van der Waals surface area contributed by atoms with Crippen molar-refractivity contribution in [2.24, 2.45) is 11.1 Å². The molecule has 1 aromatic rings. The summed E-state index contributed by atoms with van der Waals surface area (Å²) in [4.78, 5) is 5.42. The number of oxime groups is 1. The summed E-state index contributed by atoms with van der Waals surface area (Å²) >= 11 is 5.94. The lowest BCUT2D eigenvalue weighted by molar-refractivity contribution is -0.0429. The van der Waals surface area contributed by atoms with Crippen molar-refractivity contribution in [3.63, 3.8) is 0 Å². The molecule has 27 heavy (non-hydrogen) atoms. The minimum atomic E-state index is -5.55. The number of nitrogens with zero attached hydrogens (tertiary/aromatic N) is 1. The summed E-state index contributed by atoms with van der Waals surface area (Å²) in [5.41, 5.74) is -5.21. The maximum absolute atomic E-state index is 12.7. The molecule has 1 N–H and O–H groups in total. The lowest BCUT2D eigenvalue weighted by Crippen LogP contribution is -2.30. The highest BCUT2D eigenvalue weighted by Crippen LogP contribution is 2.29. The van der Waals surface area contributed by atoms with Crippen molar-refractivity contribution in [3.8, 4) is 0 Å². The Kier molecular flexibility index (Phi) is 7.39. The fraction of sp³-hybridized carbons (Fsp3) is 0.588. The van der Waals surface area contributed by atoms with Crippen molar-refractivity contribution in [2.45, 2.75) is 51.0 Å². The number of anilines is 1. The lowest BCUT2D eigenvalue weighted by Gasteiger charge is -2.20. The molecule has 0 spiro atoms. The fourth-order valence-corrected chi connectivity index (χ4v) is 3.68. The molecule has 10 heteroatoms. The zero-order chi connectivity index (χ0) is 20.1. The van der Waals surface area contributed by atoms with E-state index >= 15 is 0 Å². The Bertz CT molecular complexity index is 776. The van der Waals surface area contributed by atoms with E-state index in [1.54, 1.807) is 11.6 Å². The average molecular weight is 427 g/mol. The highest BCUT2D eigenvalue weighted by Gasteiger charge is 2.46. The largest absolute Gasteiger partial charge is 0.516 e. The molecule has 0 heterocycles. The van der Waals surface area contributed by atoms with Crippen LogP contribution in [0.25, 0.3) is 0 Å². The van der Waals surface area contributed by atoms with Crippen LogP contribution >= 0.6 is 11.6 Å². The summed E-state index contributed by atoms with van der Waals surface area (Å²) in [5.74, 6) is 0.406. The van der Waals surface area contributed by atoms with Crippen molar-refractivity contribution < 1.29 is 26.4 Å². The van der Waals surface area contributed by atoms with Gasteiger partial charge in [0.1, 0.15) is 6.61 Å². The van der Waals surface area contributed by atoms with Crippen LogP contribution in [0.15, 0.2) is 23.4 Å². The van der Waals surface area contributed by atoms with Gasteiger partial charge in [0.05, 0.1) is 11.4 Å². The Morgan fingerprint density at radius 1 is 1.30 bits per heavy atom. The molecule has 1 aliphatic carbocycles. The number of alkyl halides is 3. The molecular weight excluding hydrogens is 405 g/mol. The van der Waals surface area contributed by atoms with Gasteiger partial charge in [0.25, 0.3) is 0 Å². The number of sulfonamides is 1. The Labute approximate surface area is 162 Å². The average Bonchev–Trinajstić information content (AvgIpc) is 2.60. The molecule has 0 atom stereocenters. The normalized spacial score (nSPS) is 17.0. The maximum Gasteiger partial charge on any atom is 0.516 e. The minimum Gasteiger partial charge on any atom is -0.395 e. The molecule has 0 bridgehead atoms. The predicted molar refractivity (Wildman–Crippen MR) is 99.4 cm³/mol. The predicted octanol–water partition coefficient (Wildman–Crippen LogP) is 5.31. The number of rotatable bonds is 7. The zero-order valence-electron chi connectivity index (χ0n) is 14.9. The van der Waals surface area contributed by atoms with E-state index in [4.69, 9.17) is 16.4 Å². The molecule has 0 saturated heterocycles. The van der Waals surface area contributed by atoms with E-state index in [0.29, 0.717) is 24.7 Å². The van der Waals surface area contributed by atoms with Gasteiger partial charge in [0, 0.05) is 10.6 Å². The third-order valence-electron chi connectivity index (χ3n) is 4.39. The summed E-state index contributed by atoms with van der Waals surface area (Å²) in [6.07, 6.45) is 5.96. The molecule has 0 amide bonds. The molecule has 152 valence electrons. The second kappa shape index (κ2) is 9.14. The SMILES string of the molecule is CCC(=NOCC1CCCCC1)c1cc(Cl)ccc1NS(=O)(=O)C(F)(F)F. The van der Waals surface area contributed by atoms with Crippen LogP contribution < -0.4 is 4.72 Å². The number of hydrogen-bond acceptors (Lipinski definition) is 4. The van der Waals surface area contributed by atoms with Gasteiger partial charge in [-0.25, -0.2) is 0 Å². The second-order valence-electron chi connectivity index (χ2n) is 6.43. The number of hydrogen-bond donors (Lipinski definition) is 1. The fourth-order valence-electron chi connectivity index (χ4n) is 2.93. The third-order valence-corrected chi connectivity index (χ3v) is 5.72. The van der Waals surface area contributed by atoms with Crippen LogP contribution in [0, 0.1) is 5.92 Å². The van der Waals surface area contributed by atoms with Gasteiger partial charge >= 0.3 is 15.5 Å². The standard InChI is InChI=1S/C17H22ClF3N2O3S/c1-2-15(22-26-11-12-6-4-3-5-7-12)14-10-13(18)8-9-16(14)23-27(24,25)17(19,20)21/h8-10,12,23H,2-7,11H2,1H3. The summed E-state index contributed by atoms with van der Waals surface area (Å²) in [6.45, 7) is 2.17. The van der Waals surface area contributed by atoms with Gasteiger partial charge in [-0.05, 0) is 43.4 Å². The van der Waals surface area contributed by atoms with E-state index in [-0.39, 0.29) is 16.3 Å². The Hall–Kier alpha value is -1.48. The van der Waals surface area contributed by atoms with Crippen LogP contribution in [0.2, 0.25) is 5.02 Å². The first-order valence-corrected chi connectivity index (χ1v) is 10.6. The smallest absolute Gasteiger partial charge is 0.395 e. The van der Waals surface area contributed by atoms with Crippen LogP contribution in [0.3, 0.4) is 0 Å². The molecular formula is C17H22ClF3N2O3S. The molecule has 0 unspecified atom stereocenters. The van der Waals surface area contributed by atoms with Gasteiger partial charge in [-0.2, -0.15) is 21.6 Å². The van der Waals surface area contributed by atoms with E-state index in [9.17, 15) is 21.6 Å². The Morgan fingerprint density at radius 3 is 2.56 bits per heavy atom. The zero-order valence-corrected chi connectivity index (χ0v) is 16.4. The van der Waals surface area contributed by atoms with Gasteiger partial charge < -0.3 is 4.84 Å². The van der Waals surface area contributed by atoms with Crippen LogP contribution in [0.1, 0.15) is 51.0 Å². The van der Waals surface area contributed by atoms with E-state index in [2.05, 4.69) is 5.16 Å². The molecule has 0 radical (unpaired) electrons. The van der Waals surface area contributed by atoms with E-state index in [1.807, 2.05) is 0 Å². The first-order chi connectivity index (χ1) is 12.6. The number of benzene rings is 1. The van der Waals surface area contributed by atoms with Crippen molar-refractivity contribution in [3.05, 3.63) is 28.8 Å². The summed E-state index contributed by atoms with van der Waals surface area (Å²) in [7, 11) is -5.55. The van der Waals surface area contributed by atoms with E-state index in [0.717, 1.165) is 25.7 Å². The maximum atomic E-state index is 12.7. The van der Waals surface area contributed by atoms with Crippen molar-refractivity contribution in [1.29, 1.82) is 0 Å². The van der Waals surface area contributed by atoms with Crippen LogP contribution in [0.5, 0.6) is 0 Å². The van der Waals surface area contributed by atoms with Gasteiger partial charge in [0.2, 0.25) is 0 Å². The van der Waals surface area contributed by atoms with Crippen molar-refractivity contribution in [1.82, 2.24) is 0 Å². The third kappa shape index (κ3) is 6.00. The van der Waals surface area contributed by atoms with Crippen LogP contribution in [-0.2, 0) is 14.9 Å². The Balaban J connectivity index is 2.23. The quantitative estimate of drug-likeness (QED) is 0.474. The summed E-state index contributed by atoms with van der Waals surface area (Å²) in [5, 5.41) is 4.29. The number of halogens is 4. The summed E-state index contributed by atoms with van der Waals surface area (Å²) in [6, 6.07) is 3.84. The van der Waals surface area contributed by atoms with Gasteiger partial charge in [-0.3, -0.25) is 4.72 Å². The molecule has 1 saturated carbocycles. The molecule has 1 fully saturated rings. The lowest BCUT2D eigenvalue weighted by atomic mass is 9.90. The van der Waals surface area contributed by atoms with Crippen LogP contribution in [0.4, 0.5) is 18.9 Å². The molecule has 1 aromatic carbocycles. The van der Waals surface area contributed by atoms with Gasteiger partial charge in [0.15, 0.2) is 0 Å². The topological polar surface area (TPSA) is 67.8 Å². The first-order valence-electron chi connectivity index (χ1n) is 8.72. The van der Waals surface area contributed by atoms with Gasteiger partial charge in [-0.15, -0.1) is 0 Å². The molecule has 0 aliphatic heterocycles. The van der Waals surface area contributed by atoms with E-state index < -0.39 is 15.5 Å². The number of nitrogens with one attached hydrogen (secondary N) is 1. The molecule has 5 nitrogen and oxygen atoms in total. The van der Waals surface area contributed by atoms with E-state index in [1.165, 1.54) is 24.6 Å².